The van der Waals surface area contributed by atoms with Crippen LogP contribution in [-0.4, -0.2) is 36.7 Å². The Hall–Kier alpha value is -2.49. The van der Waals surface area contributed by atoms with E-state index in [0.717, 1.165) is 44.5 Å². The van der Waals surface area contributed by atoms with E-state index in [2.05, 4.69) is 36.9 Å². The van der Waals surface area contributed by atoms with E-state index in [1.54, 1.807) is 0 Å². The number of hydrogen-bond donors (Lipinski definition) is 0. The molecule has 0 bridgehead atoms. The molecule has 0 aromatic heterocycles. The summed E-state index contributed by atoms with van der Waals surface area (Å²) in [4.78, 5) is 17.2. The van der Waals surface area contributed by atoms with Crippen LogP contribution in [0.2, 0.25) is 0 Å². The molecule has 2 aliphatic rings. The molecule has 1 saturated heterocycles. The molecule has 2 heterocycles. The van der Waals surface area contributed by atoms with Gasteiger partial charge >= 0.3 is 6.09 Å². The Labute approximate surface area is 168 Å². The number of anilines is 1. The summed E-state index contributed by atoms with van der Waals surface area (Å²) in [6.45, 7) is 7.42. The average molecular weight is 379 g/mol. The number of benzene rings is 2. The number of piperidine rings is 1. The number of rotatable bonds is 5. The van der Waals surface area contributed by atoms with Gasteiger partial charge in [-0.15, -0.1) is 0 Å². The van der Waals surface area contributed by atoms with Crippen molar-refractivity contribution in [3.8, 4) is 0 Å². The van der Waals surface area contributed by atoms with E-state index in [1.165, 1.54) is 16.8 Å². The summed E-state index contributed by atoms with van der Waals surface area (Å²) < 4.78 is 5.60. The minimum absolute atomic E-state index is 0.190. The molecule has 1 fully saturated rings. The van der Waals surface area contributed by atoms with Crippen molar-refractivity contribution in [2.24, 2.45) is 0 Å². The van der Waals surface area contributed by atoms with Crippen molar-refractivity contribution >= 4 is 11.8 Å². The lowest BCUT2D eigenvalue weighted by Crippen LogP contribution is -2.48. The van der Waals surface area contributed by atoms with Gasteiger partial charge in [-0.2, -0.15) is 0 Å². The molecule has 0 radical (unpaired) electrons. The minimum atomic E-state index is -0.190. The van der Waals surface area contributed by atoms with E-state index >= 15 is 0 Å². The molecule has 2 atom stereocenters. The third kappa shape index (κ3) is 3.48. The Morgan fingerprint density at radius 2 is 1.93 bits per heavy atom. The summed E-state index contributed by atoms with van der Waals surface area (Å²) in [7, 11) is 0. The summed E-state index contributed by atoms with van der Waals surface area (Å²) in [5.74, 6) is 0.381. The lowest BCUT2D eigenvalue weighted by atomic mass is 9.88. The fourth-order valence-electron chi connectivity index (χ4n) is 4.83. The van der Waals surface area contributed by atoms with E-state index in [-0.39, 0.29) is 6.09 Å². The van der Waals surface area contributed by atoms with Crippen LogP contribution in [0.5, 0.6) is 0 Å². The van der Waals surface area contributed by atoms with Gasteiger partial charge < -0.3 is 14.5 Å². The number of para-hydroxylation sites is 1. The lowest BCUT2D eigenvalue weighted by Gasteiger charge is -2.38. The minimum Gasteiger partial charge on any atom is -0.445 e. The van der Waals surface area contributed by atoms with Gasteiger partial charge in [0.05, 0.1) is 0 Å². The Kier molecular flexibility index (Phi) is 5.56. The first-order valence-corrected chi connectivity index (χ1v) is 10.6. The Morgan fingerprint density at radius 3 is 2.68 bits per heavy atom. The molecule has 2 aromatic rings. The second kappa shape index (κ2) is 8.26. The maximum Gasteiger partial charge on any atom is 0.410 e. The summed E-state index contributed by atoms with van der Waals surface area (Å²) in [6.07, 6.45) is 3.00. The molecular weight excluding hydrogens is 348 g/mol. The van der Waals surface area contributed by atoms with Crippen molar-refractivity contribution in [3.63, 3.8) is 0 Å². The molecule has 0 N–H and O–H groups in total. The van der Waals surface area contributed by atoms with Crippen LogP contribution < -0.4 is 4.90 Å². The quantitative estimate of drug-likeness (QED) is 0.736. The predicted octanol–water partition coefficient (Wildman–Crippen LogP) is 4.97. The Bertz CT molecular complexity index is 821. The van der Waals surface area contributed by atoms with Crippen LogP contribution in [0.1, 0.15) is 49.3 Å². The van der Waals surface area contributed by atoms with Gasteiger partial charge in [-0.1, -0.05) is 62.4 Å². The van der Waals surface area contributed by atoms with Crippen molar-refractivity contribution in [1.82, 2.24) is 4.90 Å². The highest BCUT2D eigenvalue weighted by Gasteiger charge is 2.43. The standard InChI is InChI=1S/C24H30N2O2/c1-3-14-26-22-13-15-25(24(27)28-17-18-9-6-5-7-10-18)16-21(22)20-12-8-11-19(4-2)23(20)26/h5-12,21-22H,3-4,13-17H2,1-2H3. The van der Waals surface area contributed by atoms with Gasteiger partial charge in [0, 0.05) is 37.3 Å². The number of hydrogen-bond acceptors (Lipinski definition) is 3. The number of nitrogens with zero attached hydrogens (tertiary/aromatic N) is 2. The number of amides is 1. The van der Waals surface area contributed by atoms with Gasteiger partial charge in [0.2, 0.25) is 0 Å². The number of likely N-dealkylation sites (tertiary alicyclic amines) is 1. The molecule has 0 spiro atoms. The molecular formula is C24H30N2O2. The summed E-state index contributed by atoms with van der Waals surface area (Å²) in [5, 5.41) is 0. The average Bonchev–Trinajstić information content (AvgIpc) is 3.06. The highest BCUT2D eigenvalue weighted by molar-refractivity contribution is 5.71. The van der Waals surface area contributed by atoms with Gasteiger partial charge in [-0.05, 0) is 36.0 Å². The van der Waals surface area contributed by atoms with Crippen LogP contribution in [0.25, 0.3) is 0 Å². The van der Waals surface area contributed by atoms with Crippen molar-refractivity contribution in [2.45, 2.75) is 51.7 Å². The lowest BCUT2D eigenvalue weighted by molar-refractivity contribution is 0.0837. The van der Waals surface area contributed by atoms with Crippen LogP contribution in [0, 0.1) is 0 Å². The van der Waals surface area contributed by atoms with Gasteiger partial charge in [0.25, 0.3) is 0 Å². The second-order valence-electron chi connectivity index (χ2n) is 7.85. The van der Waals surface area contributed by atoms with Crippen molar-refractivity contribution < 1.29 is 9.53 Å². The van der Waals surface area contributed by atoms with E-state index in [4.69, 9.17) is 4.74 Å². The van der Waals surface area contributed by atoms with Crippen molar-refractivity contribution in [1.29, 1.82) is 0 Å². The molecule has 2 unspecified atom stereocenters. The Balaban J connectivity index is 1.50. The van der Waals surface area contributed by atoms with Crippen LogP contribution >= 0.6 is 0 Å². The molecule has 0 aliphatic carbocycles. The van der Waals surface area contributed by atoms with Gasteiger partial charge in [-0.3, -0.25) is 0 Å². The van der Waals surface area contributed by atoms with Crippen LogP contribution in [-0.2, 0) is 17.8 Å². The van der Waals surface area contributed by atoms with E-state index < -0.39 is 0 Å². The number of carbonyl (C=O) groups is 1. The fraction of sp³-hybridized carbons (Fsp3) is 0.458. The third-order valence-corrected chi connectivity index (χ3v) is 6.12. The molecule has 4 nitrogen and oxygen atoms in total. The van der Waals surface area contributed by atoms with Crippen molar-refractivity contribution in [2.75, 3.05) is 24.5 Å². The molecule has 4 heteroatoms. The number of carbonyl (C=O) groups excluding carboxylic acids is 1. The van der Waals surface area contributed by atoms with E-state index in [1.807, 2.05) is 35.2 Å². The predicted molar refractivity (Wildman–Crippen MR) is 113 cm³/mol. The molecule has 148 valence electrons. The molecule has 0 saturated carbocycles. The molecule has 4 rings (SSSR count). The highest BCUT2D eigenvalue weighted by atomic mass is 16.6. The SMILES string of the molecule is CCCN1c2c(CC)cccc2C2CN(C(=O)OCc3ccccc3)CCC21. The zero-order valence-electron chi connectivity index (χ0n) is 16.9. The summed E-state index contributed by atoms with van der Waals surface area (Å²) in [5.41, 5.74) is 5.30. The topological polar surface area (TPSA) is 32.8 Å². The molecule has 28 heavy (non-hydrogen) atoms. The smallest absolute Gasteiger partial charge is 0.410 e. The first kappa shape index (κ1) is 18.9. The fourth-order valence-corrected chi connectivity index (χ4v) is 4.83. The van der Waals surface area contributed by atoms with Crippen LogP contribution in [0.4, 0.5) is 10.5 Å². The zero-order chi connectivity index (χ0) is 19.5. The van der Waals surface area contributed by atoms with Gasteiger partial charge in [0.1, 0.15) is 6.61 Å². The first-order chi connectivity index (χ1) is 13.7. The number of ether oxygens (including phenoxy) is 1. The Morgan fingerprint density at radius 1 is 1.11 bits per heavy atom. The van der Waals surface area contributed by atoms with Gasteiger partial charge in [0.15, 0.2) is 0 Å². The maximum atomic E-state index is 12.7. The van der Waals surface area contributed by atoms with E-state index in [9.17, 15) is 4.79 Å². The normalized spacial score (nSPS) is 20.6. The summed E-state index contributed by atoms with van der Waals surface area (Å²) >= 11 is 0. The largest absolute Gasteiger partial charge is 0.445 e. The zero-order valence-corrected chi connectivity index (χ0v) is 16.9. The highest BCUT2D eigenvalue weighted by Crippen LogP contribution is 2.46. The van der Waals surface area contributed by atoms with Crippen LogP contribution in [0.3, 0.4) is 0 Å². The molecule has 2 aromatic carbocycles. The van der Waals surface area contributed by atoms with Crippen LogP contribution in [0.15, 0.2) is 48.5 Å². The summed E-state index contributed by atoms with van der Waals surface area (Å²) in [6, 6.07) is 17.1. The molecule has 2 aliphatic heterocycles. The monoisotopic (exact) mass is 378 g/mol. The second-order valence-corrected chi connectivity index (χ2v) is 7.85. The van der Waals surface area contributed by atoms with Gasteiger partial charge in [-0.25, -0.2) is 4.79 Å². The maximum absolute atomic E-state index is 12.7. The first-order valence-electron chi connectivity index (χ1n) is 10.6. The van der Waals surface area contributed by atoms with E-state index in [0.29, 0.717) is 18.6 Å². The van der Waals surface area contributed by atoms with Crippen molar-refractivity contribution in [3.05, 3.63) is 65.2 Å². The molecule has 1 amide bonds. The third-order valence-electron chi connectivity index (χ3n) is 6.12. The number of fused-ring (bicyclic) bond motifs is 3. The number of aryl methyl sites for hydroxylation is 1.